The van der Waals surface area contributed by atoms with Gasteiger partial charge in [0.15, 0.2) is 5.69 Å². The molecule has 1 atom stereocenters. The van der Waals surface area contributed by atoms with Crippen molar-refractivity contribution in [2.24, 2.45) is 13.0 Å². The van der Waals surface area contributed by atoms with E-state index in [4.69, 9.17) is 0 Å². The van der Waals surface area contributed by atoms with Gasteiger partial charge in [0.05, 0.1) is 5.69 Å². The van der Waals surface area contributed by atoms with Crippen LogP contribution in [0.25, 0.3) is 0 Å². The molecule has 0 aliphatic carbocycles. The molecule has 2 aromatic heterocycles. The topological polar surface area (TPSA) is 81.8 Å². The molecule has 0 spiro atoms. The lowest BCUT2D eigenvalue weighted by atomic mass is 10.2. The summed E-state index contributed by atoms with van der Waals surface area (Å²) in [6, 6.07) is 0.885. The van der Waals surface area contributed by atoms with Gasteiger partial charge in [0.1, 0.15) is 4.90 Å². The Hall–Kier alpha value is -1.88. The van der Waals surface area contributed by atoms with E-state index in [1.165, 1.54) is 17.1 Å². The molecule has 0 saturated heterocycles. The second-order valence-corrected chi connectivity index (χ2v) is 7.37. The Kier molecular flexibility index (Phi) is 5.04. The highest BCUT2D eigenvalue weighted by Gasteiger charge is 2.33. The first kappa shape index (κ1) is 18.5. The molecular weight excluding hydrogens is 347 g/mol. The molecule has 0 radical (unpaired) electrons. The SMILES string of the molecule is Cc1nn(C)cc1S(=O)(=O)NC[C@H](C)Cn1ccc(C(F)(F)F)n1. The molecule has 0 aromatic carbocycles. The number of aryl methyl sites for hydroxylation is 2. The molecule has 1 N–H and O–H groups in total. The fourth-order valence-electron chi connectivity index (χ4n) is 2.17. The van der Waals surface area contributed by atoms with Crippen LogP contribution in [0.4, 0.5) is 13.2 Å². The molecule has 11 heteroatoms. The van der Waals surface area contributed by atoms with Crippen molar-refractivity contribution in [1.82, 2.24) is 24.3 Å². The predicted octanol–water partition coefficient (Wildman–Crippen LogP) is 1.56. The van der Waals surface area contributed by atoms with Crippen LogP contribution in [0, 0.1) is 12.8 Å². The molecule has 0 fully saturated rings. The predicted molar refractivity (Wildman–Crippen MR) is 79.5 cm³/mol. The van der Waals surface area contributed by atoms with E-state index in [0.717, 1.165) is 10.7 Å². The van der Waals surface area contributed by atoms with Crippen LogP contribution >= 0.6 is 0 Å². The van der Waals surface area contributed by atoms with Crippen molar-refractivity contribution in [3.63, 3.8) is 0 Å². The maximum absolute atomic E-state index is 12.5. The number of aromatic nitrogens is 4. The second kappa shape index (κ2) is 6.55. The molecule has 7 nitrogen and oxygen atoms in total. The number of nitrogens with one attached hydrogen (secondary N) is 1. The van der Waals surface area contributed by atoms with Gasteiger partial charge in [-0.3, -0.25) is 9.36 Å². The number of halogens is 3. The van der Waals surface area contributed by atoms with Gasteiger partial charge in [0.25, 0.3) is 0 Å². The first-order chi connectivity index (χ1) is 11.0. The fraction of sp³-hybridized carbons (Fsp3) is 0.538. The van der Waals surface area contributed by atoms with E-state index >= 15 is 0 Å². The van der Waals surface area contributed by atoms with Gasteiger partial charge in [-0.25, -0.2) is 13.1 Å². The Morgan fingerprint density at radius 3 is 2.50 bits per heavy atom. The first-order valence-corrected chi connectivity index (χ1v) is 8.58. The van der Waals surface area contributed by atoms with Crippen molar-refractivity contribution in [1.29, 1.82) is 0 Å². The van der Waals surface area contributed by atoms with Crippen LogP contribution < -0.4 is 4.72 Å². The van der Waals surface area contributed by atoms with Gasteiger partial charge in [0.2, 0.25) is 10.0 Å². The zero-order valence-corrected chi connectivity index (χ0v) is 14.2. The Bertz CT molecular complexity index is 810. The molecular formula is C13H18F3N5O2S. The van der Waals surface area contributed by atoms with E-state index in [1.54, 1.807) is 20.9 Å². The van der Waals surface area contributed by atoms with Gasteiger partial charge < -0.3 is 0 Å². The van der Waals surface area contributed by atoms with Gasteiger partial charge in [-0.15, -0.1) is 0 Å². The Morgan fingerprint density at radius 2 is 2.00 bits per heavy atom. The summed E-state index contributed by atoms with van der Waals surface area (Å²) in [7, 11) is -2.10. The standard InChI is InChI=1S/C13H18F3N5O2S/c1-9(7-21-5-4-12(19-21)13(14,15)16)6-17-24(22,23)11-8-20(3)18-10(11)2/h4-5,8-9,17H,6-7H2,1-3H3/t9-/m0/s1. The van der Waals surface area contributed by atoms with Crippen LogP contribution in [0.1, 0.15) is 18.3 Å². The van der Waals surface area contributed by atoms with Gasteiger partial charge in [-0.05, 0) is 18.9 Å². The number of nitrogens with zero attached hydrogens (tertiary/aromatic N) is 4. The molecule has 0 aliphatic rings. The Labute approximate surface area is 137 Å². The largest absolute Gasteiger partial charge is 0.435 e. The van der Waals surface area contributed by atoms with Crippen LogP contribution in [0.3, 0.4) is 0 Å². The average Bonchev–Trinajstić information content (AvgIpc) is 3.03. The smallest absolute Gasteiger partial charge is 0.274 e. The molecule has 0 saturated carbocycles. The molecule has 0 aliphatic heterocycles. The van der Waals surface area contributed by atoms with Crippen LogP contribution in [0.2, 0.25) is 0 Å². The van der Waals surface area contributed by atoms with Crippen LogP contribution in [0.15, 0.2) is 23.4 Å². The first-order valence-electron chi connectivity index (χ1n) is 7.09. The zero-order chi connectivity index (χ0) is 18.1. The van der Waals surface area contributed by atoms with Crippen molar-refractivity contribution in [2.45, 2.75) is 31.5 Å². The van der Waals surface area contributed by atoms with Crippen LogP contribution in [0.5, 0.6) is 0 Å². The monoisotopic (exact) mass is 365 g/mol. The summed E-state index contributed by atoms with van der Waals surface area (Å²) in [5.74, 6) is -0.252. The highest BCUT2D eigenvalue weighted by molar-refractivity contribution is 7.89. The molecule has 0 amide bonds. The molecule has 24 heavy (non-hydrogen) atoms. The molecule has 0 bridgehead atoms. The van der Waals surface area contributed by atoms with E-state index < -0.39 is 21.9 Å². The highest BCUT2D eigenvalue weighted by Crippen LogP contribution is 2.27. The lowest BCUT2D eigenvalue weighted by Gasteiger charge is -2.13. The third-order valence-corrected chi connectivity index (χ3v) is 4.84. The minimum atomic E-state index is -4.49. The molecule has 2 heterocycles. The third kappa shape index (κ3) is 4.35. The second-order valence-electron chi connectivity index (χ2n) is 5.63. The zero-order valence-electron chi connectivity index (χ0n) is 13.4. The normalized spacial score (nSPS) is 14.1. The van der Waals surface area contributed by atoms with E-state index in [-0.39, 0.29) is 23.9 Å². The quantitative estimate of drug-likeness (QED) is 0.842. The van der Waals surface area contributed by atoms with E-state index in [0.29, 0.717) is 5.69 Å². The summed E-state index contributed by atoms with van der Waals surface area (Å²) in [5.41, 5.74) is -0.596. The van der Waals surface area contributed by atoms with Gasteiger partial charge in [-0.2, -0.15) is 23.4 Å². The number of hydrogen-bond donors (Lipinski definition) is 1. The van der Waals surface area contributed by atoms with E-state index in [2.05, 4.69) is 14.9 Å². The van der Waals surface area contributed by atoms with Crippen molar-refractivity contribution in [3.05, 3.63) is 29.8 Å². The summed E-state index contributed by atoms with van der Waals surface area (Å²) in [6.07, 6.45) is -1.88. The average molecular weight is 365 g/mol. The summed E-state index contributed by atoms with van der Waals surface area (Å²) in [4.78, 5) is 0.0793. The van der Waals surface area contributed by atoms with Gasteiger partial charge in [0, 0.05) is 32.5 Å². The molecule has 2 rings (SSSR count). The summed E-state index contributed by atoms with van der Waals surface area (Å²) in [6.45, 7) is 3.52. The maximum Gasteiger partial charge on any atom is 0.435 e. The molecule has 0 unspecified atom stereocenters. The van der Waals surface area contributed by atoms with Crippen LogP contribution in [-0.4, -0.2) is 34.5 Å². The van der Waals surface area contributed by atoms with E-state index in [1.807, 2.05) is 0 Å². The lowest BCUT2D eigenvalue weighted by Crippen LogP contribution is -2.30. The fourth-order valence-corrected chi connectivity index (χ4v) is 3.55. The minimum absolute atomic E-state index is 0.0673. The van der Waals surface area contributed by atoms with Crippen molar-refractivity contribution in [2.75, 3.05) is 6.54 Å². The Balaban J connectivity index is 1.97. The minimum Gasteiger partial charge on any atom is -0.274 e. The number of hydrogen-bond acceptors (Lipinski definition) is 4. The number of sulfonamides is 1. The maximum atomic E-state index is 12.5. The highest BCUT2D eigenvalue weighted by atomic mass is 32.2. The summed E-state index contributed by atoms with van der Waals surface area (Å²) < 4.78 is 66.9. The summed E-state index contributed by atoms with van der Waals surface area (Å²) in [5, 5.41) is 7.42. The van der Waals surface area contributed by atoms with Gasteiger partial charge >= 0.3 is 6.18 Å². The van der Waals surface area contributed by atoms with Gasteiger partial charge in [-0.1, -0.05) is 6.92 Å². The van der Waals surface area contributed by atoms with Crippen molar-refractivity contribution >= 4 is 10.0 Å². The van der Waals surface area contributed by atoms with E-state index in [9.17, 15) is 21.6 Å². The van der Waals surface area contributed by atoms with Crippen LogP contribution in [-0.2, 0) is 29.8 Å². The number of rotatable bonds is 6. The lowest BCUT2D eigenvalue weighted by molar-refractivity contribution is -0.141. The van der Waals surface area contributed by atoms with Crippen molar-refractivity contribution < 1.29 is 21.6 Å². The molecule has 134 valence electrons. The molecule has 2 aromatic rings. The third-order valence-electron chi connectivity index (χ3n) is 3.31. The summed E-state index contributed by atoms with van der Waals surface area (Å²) >= 11 is 0. The Morgan fingerprint density at radius 1 is 1.33 bits per heavy atom. The van der Waals surface area contributed by atoms with Crippen molar-refractivity contribution in [3.8, 4) is 0 Å². The number of alkyl halides is 3.